The van der Waals surface area contributed by atoms with Gasteiger partial charge in [-0.25, -0.2) is 0 Å². The van der Waals surface area contributed by atoms with Crippen molar-refractivity contribution < 1.29 is 4.74 Å². The SMILES string of the molecule is CSC1CC2CC1C1CC3OC3[C@@H]21. The molecule has 13 heavy (non-hydrogen) atoms. The van der Waals surface area contributed by atoms with Crippen molar-refractivity contribution in [2.75, 3.05) is 6.26 Å². The summed E-state index contributed by atoms with van der Waals surface area (Å²) in [5.74, 6) is 4.18. The fourth-order valence-corrected chi connectivity index (χ4v) is 5.64. The van der Waals surface area contributed by atoms with Crippen LogP contribution in [-0.4, -0.2) is 23.7 Å². The van der Waals surface area contributed by atoms with E-state index in [1.54, 1.807) is 0 Å². The van der Waals surface area contributed by atoms with Gasteiger partial charge in [-0.2, -0.15) is 11.8 Å². The highest BCUT2D eigenvalue weighted by atomic mass is 32.2. The van der Waals surface area contributed by atoms with Gasteiger partial charge in [-0.15, -0.1) is 0 Å². The zero-order valence-electron chi connectivity index (χ0n) is 7.98. The van der Waals surface area contributed by atoms with Crippen molar-refractivity contribution in [3.63, 3.8) is 0 Å². The van der Waals surface area contributed by atoms with Crippen LogP contribution in [0.2, 0.25) is 0 Å². The first-order valence-corrected chi connectivity index (χ1v) is 6.85. The summed E-state index contributed by atoms with van der Waals surface area (Å²) in [6, 6.07) is 0. The molecule has 0 amide bonds. The van der Waals surface area contributed by atoms with Gasteiger partial charge < -0.3 is 4.74 Å². The van der Waals surface area contributed by atoms with Gasteiger partial charge in [-0.05, 0) is 49.2 Å². The molecule has 3 saturated carbocycles. The Balaban J connectivity index is 1.66. The molecule has 6 unspecified atom stereocenters. The lowest BCUT2D eigenvalue weighted by Crippen LogP contribution is -2.29. The Morgan fingerprint density at radius 1 is 1.15 bits per heavy atom. The third kappa shape index (κ3) is 0.805. The lowest BCUT2D eigenvalue weighted by molar-refractivity contribution is 0.150. The summed E-state index contributed by atoms with van der Waals surface area (Å²) in [6.45, 7) is 0. The fourth-order valence-electron chi connectivity index (χ4n) is 4.54. The van der Waals surface area contributed by atoms with Crippen LogP contribution in [0.1, 0.15) is 19.3 Å². The molecule has 1 saturated heterocycles. The Morgan fingerprint density at radius 3 is 2.92 bits per heavy atom. The molecule has 0 N–H and O–H groups in total. The quantitative estimate of drug-likeness (QED) is 0.596. The van der Waals surface area contributed by atoms with Gasteiger partial charge in [-0.1, -0.05) is 0 Å². The molecule has 4 rings (SSSR count). The Bertz CT molecular complexity index is 252. The number of hydrogen-bond donors (Lipinski definition) is 0. The lowest BCUT2D eigenvalue weighted by Gasteiger charge is -2.31. The average Bonchev–Trinajstić information content (AvgIpc) is 2.61. The smallest absolute Gasteiger partial charge is 0.0875 e. The van der Waals surface area contributed by atoms with Crippen molar-refractivity contribution in [3.8, 4) is 0 Å². The molecule has 0 spiro atoms. The molecule has 7 atom stereocenters. The van der Waals surface area contributed by atoms with Crippen molar-refractivity contribution in [1.82, 2.24) is 0 Å². The average molecular weight is 196 g/mol. The second kappa shape index (κ2) is 2.27. The van der Waals surface area contributed by atoms with Crippen LogP contribution in [0.4, 0.5) is 0 Å². The first-order valence-electron chi connectivity index (χ1n) is 5.56. The van der Waals surface area contributed by atoms with E-state index in [4.69, 9.17) is 4.74 Å². The molecule has 4 fully saturated rings. The van der Waals surface area contributed by atoms with Crippen LogP contribution in [0.3, 0.4) is 0 Å². The van der Waals surface area contributed by atoms with Gasteiger partial charge in [0, 0.05) is 5.25 Å². The summed E-state index contributed by atoms with van der Waals surface area (Å²) in [5.41, 5.74) is 0. The van der Waals surface area contributed by atoms with Gasteiger partial charge >= 0.3 is 0 Å². The topological polar surface area (TPSA) is 12.5 Å². The number of epoxide rings is 1. The zero-order valence-corrected chi connectivity index (χ0v) is 8.80. The van der Waals surface area contributed by atoms with Crippen molar-refractivity contribution in [2.24, 2.45) is 23.7 Å². The van der Waals surface area contributed by atoms with Gasteiger partial charge in [0.05, 0.1) is 12.2 Å². The van der Waals surface area contributed by atoms with E-state index in [1.165, 1.54) is 19.3 Å². The minimum absolute atomic E-state index is 0.709. The van der Waals surface area contributed by atoms with Crippen LogP contribution >= 0.6 is 11.8 Å². The summed E-state index contributed by atoms with van der Waals surface area (Å²) in [7, 11) is 0. The summed E-state index contributed by atoms with van der Waals surface area (Å²) < 4.78 is 5.68. The van der Waals surface area contributed by atoms with E-state index in [0.717, 1.165) is 35.0 Å². The van der Waals surface area contributed by atoms with Crippen LogP contribution in [0.15, 0.2) is 0 Å². The molecule has 4 aliphatic rings. The molecule has 0 radical (unpaired) electrons. The molecule has 2 heteroatoms. The Hall–Kier alpha value is 0.310. The Kier molecular flexibility index (Phi) is 1.33. The van der Waals surface area contributed by atoms with Gasteiger partial charge in [0.15, 0.2) is 0 Å². The number of hydrogen-bond acceptors (Lipinski definition) is 2. The maximum Gasteiger partial charge on any atom is 0.0875 e. The molecule has 1 nitrogen and oxygen atoms in total. The monoisotopic (exact) mass is 196 g/mol. The molecule has 1 heterocycles. The van der Waals surface area contributed by atoms with Crippen molar-refractivity contribution in [1.29, 1.82) is 0 Å². The maximum absolute atomic E-state index is 5.68. The Labute approximate surface area is 83.6 Å². The Morgan fingerprint density at radius 2 is 2.08 bits per heavy atom. The van der Waals surface area contributed by atoms with Crippen LogP contribution in [-0.2, 0) is 4.74 Å². The summed E-state index contributed by atoms with van der Waals surface area (Å²) in [5, 5.41) is 1.00. The largest absolute Gasteiger partial charge is 0.369 e. The zero-order chi connectivity index (χ0) is 8.58. The molecule has 2 bridgehead atoms. The third-order valence-electron chi connectivity index (χ3n) is 4.98. The number of rotatable bonds is 1. The number of fused-ring (bicyclic) bond motifs is 7. The standard InChI is InChI=1S/C11H16OS/c1-13-9-3-5-2-6(9)7-4-8-11(12-8)10(5)7/h5-11H,2-4H2,1H3/t5?,6?,7?,8?,9?,10-,11?/m0/s1. The van der Waals surface area contributed by atoms with Crippen LogP contribution in [0.25, 0.3) is 0 Å². The maximum atomic E-state index is 5.68. The minimum Gasteiger partial charge on any atom is -0.369 e. The van der Waals surface area contributed by atoms with Gasteiger partial charge in [0.2, 0.25) is 0 Å². The van der Waals surface area contributed by atoms with Crippen LogP contribution in [0.5, 0.6) is 0 Å². The van der Waals surface area contributed by atoms with Gasteiger partial charge in [0.25, 0.3) is 0 Å². The second-order valence-corrected chi connectivity index (χ2v) is 6.36. The van der Waals surface area contributed by atoms with Crippen LogP contribution in [0, 0.1) is 23.7 Å². The van der Waals surface area contributed by atoms with E-state index < -0.39 is 0 Å². The van der Waals surface area contributed by atoms with E-state index in [2.05, 4.69) is 18.0 Å². The molecule has 0 aromatic carbocycles. The molecule has 1 aliphatic heterocycles. The highest BCUT2D eigenvalue weighted by molar-refractivity contribution is 7.99. The number of ether oxygens (including phenoxy) is 1. The van der Waals surface area contributed by atoms with Crippen molar-refractivity contribution >= 4 is 11.8 Å². The van der Waals surface area contributed by atoms with E-state index in [-0.39, 0.29) is 0 Å². The van der Waals surface area contributed by atoms with E-state index in [1.807, 2.05) is 0 Å². The molecule has 72 valence electrons. The summed E-state index contributed by atoms with van der Waals surface area (Å²) in [4.78, 5) is 0. The fraction of sp³-hybridized carbons (Fsp3) is 1.00. The van der Waals surface area contributed by atoms with E-state index in [9.17, 15) is 0 Å². The number of thioether (sulfide) groups is 1. The van der Waals surface area contributed by atoms with Crippen LogP contribution < -0.4 is 0 Å². The molecular weight excluding hydrogens is 180 g/mol. The lowest BCUT2D eigenvalue weighted by atomic mass is 9.81. The predicted octanol–water partition coefficient (Wildman–Crippen LogP) is 2.16. The highest BCUT2D eigenvalue weighted by Crippen LogP contribution is 2.65. The molecular formula is C11H16OS. The predicted molar refractivity (Wildman–Crippen MR) is 53.8 cm³/mol. The first-order chi connectivity index (χ1) is 6.38. The summed E-state index contributed by atoms with van der Waals surface area (Å²) >= 11 is 2.12. The van der Waals surface area contributed by atoms with Gasteiger partial charge in [-0.3, -0.25) is 0 Å². The van der Waals surface area contributed by atoms with E-state index in [0.29, 0.717) is 6.10 Å². The second-order valence-electron chi connectivity index (χ2n) is 5.29. The highest BCUT2D eigenvalue weighted by Gasteiger charge is 2.66. The van der Waals surface area contributed by atoms with Gasteiger partial charge in [0.1, 0.15) is 0 Å². The third-order valence-corrected chi connectivity index (χ3v) is 6.13. The molecule has 0 aromatic heterocycles. The normalized spacial score (nSPS) is 66.7. The summed E-state index contributed by atoms with van der Waals surface area (Å²) in [6.07, 6.45) is 8.18. The van der Waals surface area contributed by atoms with E-state index >= 15 is 0 Å². The van der Waals surface area contributed by atoms with Crippen molar-refractivity contribution in [2.45, 2.75) is 36.7 Å². The molecule has 3 aliphatic carbocycles. The van der Waals surface area contributed by atoms with Crippen molar-refractivity contribution in [3.05, 3.63) is 0 Å². The first kappa shape index (κ1) is 7.58. The minimum atomic E-state index is 0.709. The molecule has 0 aromatic rings.